The molecular formula is C22H24N2O. The van der Waals surface area contributed by atoms with Crippen molar-refractivity contribution >= 4 is 16.8 Å². The Balaban J connectivity index is 1.91. The quantitative estimate of drug-likeness (QED) is 0.689. The number of aromatic amines is 1. The van der Waals surface area contributed by atoms with Gasteiger partial charge in [-0.1, -0.05) is 63.2 Å². The second-order valence-corrected chi connectivity index (χ2v) is 7.89. The molecule has 25 heavy (non-hydrogen) atoms. The number of carbonyl (C=O) groups is 1. The van der Waals surface area contributed by atoms with Gasteiger partial charge in [0.2, 0.25) is 5.91 Å². The van der Waals surface area contributed by atoms with Crippen molar-refractivity contribution in [3.8, 4) is 0 Å². The zero-order valence-electron chi connectivity index (χ0n) is 15.0. The van der Waals surface area contributed by atoms with Crippen LogP contribution in [0.25, 0.3) is 10.9 Å². The Labute approximate surface area is 148 Å². The fourth-order valence-electron chi connectivity index (χ4n) is 3.87. The highest BCUT2D eigenvalue weighted by molar-refractivity contribution is 5.87. The van der Waals surface area contributed by atoms with E-state index >= 15 is 0 Å². The van der Waals surface area contributed by atoms with E-state index in [4.69, 9.17) is 0 Å². The molecule has 1 amide bonds. The minimum absolute atomic E-state index is 0.0344. The fraction of sp³-hybridized carbons (Fsp3) is 0.318. The number of hydrogen-bond donors (Lipinski definition) is 1. The van der Waals surface area contributed by atoms with Crippen molar-refractivity contribution in [1.82, 2.24) is 9.88 Å². The molecule has 0 aliphatic carbocycles. The van der Waals surface area contributed by atoms with Crippen LogP contribution in [-0.2, 0) is 11.2 Å². The fourth-order valence-corrected chi connectivity index (χ4v) is 3.87. The Morgan fingerprint density at radius 1 is 1.04 bits per heavy atom. The van der Waals surface area contributed by atoms with Crippen LogP contribution in [0, 0.1) is 5.41 Å². The number of fused-ring (bicyclic) bond motifs is 2. The van der Waals surface area contributed by atoms with Crippen molar-refractivity contribution in [2.24, 2.45) is 5.41 Å². The first-order valence-corrected chi connectivity index (χ1v) is 8.92. The Bertz CT molecular complexity index is 932. The molecule has 2 aromatic carbocycles. The number of hydrogen-bond acceptors (Lipinski definition) is 1. The predicted molar refractivity (Wildman–Crippen MR) is 101 cm³/mol. The van der Waals surface area contributed by atoms with E-state index in [1.807, 2.05) is 26.8 Å². The van der Waals surface area contributed by atoms with E-state index in [-0.39, 0.29) is 11.9 Å². The summed E-state index contributed by atoms with van der Waals surface area (Å²) in [7, 11) is 0. The number of rotatable bonds is 1. The topological polar surface area (TPSA) is 36.1 Å². The van der Waals surface area contributed by atoms with Crippen LogP contribution in [0.2, 0.25) is 0 Å². The molecule has 1 atom stereocenters. The first-order chi connectivity index (χ1) is 12.0. The summed E-state index contributed by atoms with van der Waals surface area (Å²) in [5, 5.41) is 1.19. The molecule has 0 bridgehead atoms. The van der Waals surface area contributed by atoms with Gasteiger partial charge >= 0.3 is 0 Å². The molecule has 3 heteroatoms. The Morgan fingerprint density at radius 2 is 1.76 bits per heavy atom. The molecule has 1 aromatic heterocycles. The number of H-pyrrole nitrogens is 1. The summed E-state index contributed by atoms with van der Waals surface area (Å²) in [4.78, 5) is 18.6. The zero-order chi connectivity index (χ0) is 17.6. The lowest BCUT2D eigenvalue weighted by molar-refractivity contribution is -0.141. The molecule has 128 valence electrons. The summed E-state index contributed by atoms with van der Waals surface area (Å²) in [5.41, 5.74) is 4.49. The van der Waals surface area contributed by atoms with Gasteiger partial charge in [-0.3, -0.25) is 4.79 Å². The van der Waals surface area contributed by atoms with Crippen LogP contribution in [0.3, 0.4) is 0 Å². The highest BCUT2D eigenvalue weighted by atomic mass is 16.2. The van der Waals surface area contributed by atoms with E-state index in [0.29, 0.717) is 0 Å². The van der Waals surface area contributed by atoms with Crippen molar-refractivity contribution < 1.29 is 4.79 Å². The summed E-state index contributed by atoms with van der Waals surface area (Å²) in [5.74, 6) is 0.206. The van der Waals surface area contributed by atoms with Gasteiger partial charge in [0.15, 0.2) is 0 Å². The summed E-state index contributed by atoms with van der Waals surface area (Å²) >= 11 is 0. The summed E-state index contributed by atoms with van der Waals surface area (Å²) < 4.78 is 0. The third-order valence-corrected chi connectivity index (χ3v) is 5.10. The molecule has 0 radical (unpaired) electrons. The van der Waals surface area contributed by atoms with Gasteiger partial charge in [0.25, 0.3) is 0 Å². The maximum Gasteiger partial charge on any atom is 0.228 e. The number of benzene rings is 2. The molecule has 0 spiro atoms. The highest BCUT2D eigenvalue weighted by Crippen LogP contribution is 2.40. The third kappa shape index (κ3) is 2.64. The van der Waals surface area contributed by atoms with Gasteiger partial charge in [-0.2, -0.15) is 0 Å². The molecule has 0 saturated carbocycles. The molecule has 1 aliphatic rings. The summed E-state index contributed by atoms with van der Waals surface area (Å²) in [6.45, 7) is 6.77. The Hall–Kier alpha value is -2.55. The van der Waals surface area contributed by atoms with Crippen LogP contribution < -0.4 is 0 Å². The monoisotopic (exact) mass is 332 g/mol. The van der Waals surface area contributed by atoms with E-state index in [0.717, 1.165) is 18.5 Å². The average Bonchev–Trinajstić information content (AvgIpc) is 3.03. The number of carbonyl (C=O) groups excluding carboxylic acids is 1. The lowest BCUT2D eigenvalue weighted by Gasteiger charge is -2.40. The molecular weight excluding hydrogens is 308 g/mol. The smallest absolute Gasteiger partial charge is 0.228 e. The van der Waals surface area contributed by atoms with Crippen LogP contribution >= 0.6 is 0 Å². The van der Waals surface area contributed by atoms with E-state index < -0.39 is 5.41 Å². The SMILES string of the molecule is CC(C)(C)C(=O)N1CCc2ccccc2C1c1c[nH]c2ccccc12. The molecule has 0 saturated heterocycles. The number of aromatic nitrogens is 1. The van der Waals surface area contributed by atoms with Crippen LogP contribution in [0.5, 0.6) is 0 Å². The molecule has 1 unspecified atom stereocenters. The Kier molecular flexibility index (Phi) is 3.68. The molecule has 1 N–H and O–H groups in total. The molecule has 2 heterocycles. The van der Waals surface area contributed by atoms with Crippen LogP contribution in [0.1, 0.15) is 43.5 Å². The molecule has 3 aromatic rings. The summed E-state index contributed by atoms with van der Waals surface area (Å²) in [6.07, 6.45) is 2.98. The van der Waals surface area contributed by atoms with Gasteiger partial charge in [-0.15, -0.1) is 0 Å². The van der Waals surface area contributed by atoms with Crippen molar-refractivity contribution in [1.29, 1.82) is 0 Å². The van der Waals surface area contributed by atoms with Crippen LogP contribution in [0.4, 0.5) is 0 Å². The molecule has 3 nitrogen and oxygen atoms in total. The Morgan fingerprint density at radius 3 is 2.56 bits per heavy atom. The lowest BCUT2D eigenvalue weighted by Crippen LogP contribution is -2.45. The second kappa shape index (κ2) is 5.76. The molecule has 1 aliphatic heterocycles. The van der Waals surface area contributed by atoms with Gasteiger partial charge in [-0.05, 0) is 23.6 Å². The molecule has 4 rings (SSSR count). The van der Waals surface area contributed by atoms with E-state index in [1.165, 1.54) is 22.1 Å². The van der Waals surface area contributed by atoms with Gasteiger partial charge in [0.1, 0.15) is 0 Å². The second-order valence-electron chi connectivity index (χ2n) is 7.89. The van der Waals surface area contributed by atoms with Crippen molar-refractivity contribution in [2.75, 3.05) is 6.54 Å². The maximum atomic E-state index is 13.2. The van der Waals surface area contributed by atoms with Gasteiger partial charge in [-0.25, -0.2) is 0 Å². The first kappa shape index (κ1) is 15.9. The largest absolute Gasteiger partial charge is 0.361 e. The van der Waals surface area contributed by atoms with Gasteiger partial charge in [0.05, 0.1) is 6.04 Å². The number of nitrogens with zero attached hydrogens (tertiary/aromatic N) is 1. The normalized spacial score (nSPS) is 17.6. The van der Waals surface area contributed by atoms with Crippen molar-refractivity contribution in [2.45, 2.75) is 33.2 Å². The number of amides is 1. The summed E-state index contributed by atoms with van der Waals surface area (Å²) in [6, 6.07) is 16.8. The third-order valence-electron chi connectivity index (χ3n) is 5.10. The maximum absolute atomic E-state index is 13.2. The van der Waals surface area contributed by atoms with E-state index in [9.17, 15) is 4.79 Å². The number of nitrogens with one attached hydrogen (secondary N) is 1. The minimum atomic E-state index is -0.392. The van der Waals surface area contributed by atoms with Gasteiger partial charge in [0, 0.05) is 34.6 Å². The predicted octanol–water partition coefficient (Wildman–Crippen LogP) is 4.69. The number of para-hydroxylation sites is 1. The van der Waals surface area contributed by atoms with Crippen molar-refractivity contribution in [3.63, 3.8) is 0 Å². The standard InChI is InChI=1S/C22H24N2O/c1-22(2,3)21(25)24-13-12-15-8-4-5-9-16(15)20(24)18-14-23-19-11-7-6-10-17(18)19/h4-11,14,20,23H,12-13H2,1-3H3. The first-order valence-electron chi connectivity index (χ1n) is 8.92. The van der Waals surface area contributed by atoms with Crippen LogP contribution in [-0.4, -0.2) is 22.3 Å². The molecule has 0 fully saturated rings. The minimum Gasteiger partial charge on any atom is -0.361 e. The average molecular weight is 332 g/mol. The zero-order valence-corrected chi connectivity index (χ0v) is 15.0. The lowest BCUT2D eigenvalue weighted by atomic mass is 9.85. The van der Waals surface area contributed by atoms with E-state index in [1.54, 1.807) is 0 Å². The van der Waals surface area contributed by atoms with Crippen molar-refractivity contribution in [3.05, 3.63) is 71.4 Å². The van der Waals surface area contributed by atoms with E-state index in [2.05, 4.69) is 58.5 Å². The van der Waals surface area contributed by atoms with Crippen LogP contribution in [0.15, 0.2) is 54.7 Å². The van der Waals surface area contributed by atoms with Gasteiger partial charge < -0.3 is 9.88 Å². The highest BCUT2D eigenvalue weighted by Gasteiger charge is 2.37.